The van der Waals surface area contributed by atoms with Crippen LogP contribution in [0.15, 0.2) is 40.7 Å². The number of dihydropyridines is 1. The molecule has 4 nitrogen and oxygen atoms in total. The molecule has 1 aliphatic heterocycles. The minimum atomic E-state index is -0.702. The Morgan fingerprint density at radius 1 is 1.33 bits per heavy atom. The number of hydrogen-bond donors (Lipinski definition) is 1. The van der Waals surface area contributed by atoms with Crippen LogP contribution >= 0.6 is 11.6 Å². The second-order valence-electron chi connectivity index (χ2n) is 7.86. The van der Waals surface area contributed by atoms with Gasteiger partial charge in [-0.15, -0.1) is 0 Å². The predicted molar refractivity (Wildman–Crippen MR) is 103 cm³/mol. The lowest BCUT2D eigenvalue weighted by atomic mass is 9.81. The van der Waals surface area contributed by atoms with Gasteiger partial charge in [-0.1, -0.05) is 38.4 Å². The number of esters is 1. The van der Waals surface area contributed by atoms with Crippen molar-refractivity contribution >= 4 is 17.6 Å². The molecule has 0 spiro atoms. The second-order valence-corrected chi connectivity index (χ2v) is 8.27. The van der Waals surface area contributed by atoms with E-state index in [1.54, 1.807) is 13.8 Å². The van der Waals surface area contributed by atoms with Crippen LogP contribution in [0.3, 0.4) is 0 Å². The average Bonchev–Trinajstić information content (AvgIpc) is 2.53. The molecule has 27 heavy (non-hydrogen) atoms. The van der Waals surface area contributed by atoms with Gasteiger partial charge in [0, 0.05) is 16.4 Å². The summed E-state index contributed by atoms with van der Waals surface area (Å²) < 4.78 is 19.0. The minimum absolute atomic E-state index is 0.0303. The van der Waals surface area contributed by atoms with Crippen molar-refractivity contribution in [2.75, 3.05) is 6.61 Å². The maximum atomic E-state index is 13.5. The smallest absolute Gasteiger partial charge is 0.336 e. The summed E-state index contributed by atoms with van der Waals surface area (Å²) in [5.41, 5.74) is 2.43. The fourth-order valence-electron chi connectivity index (χ4n) is 2.99. The molecule has 1 aromatic rings. The van der Waals surface area contributed by atoms with E-state index < -0.39 is 17.7 Å². The molecule has 6 heteroatoms. The molecule has 1 aromatic carbocycles. The Labute approximate surface area is 164 Å². The molecule has 0 saturated carbocycles. The first kappa shape index (κ1) is 21.0. The van der Waals surface area contributed by atoms with E-state index in [9.17, 15) is 14.4 Å². The number of nitriles is 1. The second kappa shape index (κ2) is 8.14. The van der Waals surface area contributed by atoms with Crippen LogP contribution in [0, 0.1) is 22.6 Å². The van der Waals surface area contributed by atoms with Crippen LogP contribution < -0.4 is 5.32 Å². The molecular formula is C21H24ClFN2O2. The molecule has 0 aromatic heterocycles. The van der Waals surface area contributed by atoms with Gasteiger partial charge in [-0.3, -0.25) is 0 Å². The van der Waals surface area contributed by atoms with E-state index in [4.69, 9.17) is 16.3 Å². The van der Waals surface area contributed by atoms with Crippen LogP contribution in [0.25, 0.3) is 0 Å². The van der Waals surface area contributed by atoms with Crippen LogP contribution in [0.1, 0.15) is 52.5 Å². The summed E-state index contributed by atoms with van der Waals surface area (Å²) in [6.07, 6.45) is 0.709. The lowest BCUT2D eigenvalue weighted by Gasteiger charge is -2.29. The Bertz CT molecular complexity index is 860. The third kappa shape index (κ3) is 4.90. The standard InChI is InChI=1S/C21H24ClFN2O2/c1-12-16(11-24)19(15-7-6-14(23)10-17(15)22)18(13(2)25-12)20(26)27-9-8-21(3,4)5/h6-7,10,19,25H,8-9H2,1-5H3. The Hall–Kier alpha value is -2.32. The molecule has 1 N–H and O–H groups in total. The lowest BCUT2D eigenvalue weighted by molar-refractivity contribution is -0.140. The van der Waals surface area contributed by atoms with Gasteiger partial charge in [0.05, 0.1) is 29.7 Å². The van der Waals surface area contributed by atoms with Gasteiger partial charge in [0.2, 0.25) is 0 Å². The molecule has 144 valence electrons. The number of ether oxygens (including phenoxy) is 1. The molecule has 0 bridgehead atoms. The van der Waals surface area contributed by atoms with Crippen molar-refractivity contribution in [3.8, 4) is 6.07 Å². The number of rotatable bonds is 4. The number of halogens is 2. The highest BCUT2D eigenvalue weighted by atomic mass is 35.5. The monoisotopic (exact) mass is 390 g/mol. The number of hydrogen-bond acceptors (Lipinski definition) is 4. The fraction of sp³-hybridized carbons (Fsp3) is 0.429. The predicted octanol–water partition coefficient (Wildman–Crippen LogP) is 5.22. The summed E-state index contributed by atoms with van der Waals surface area (Å²) in [5, 5.41) is 12.9. The first-order chi connectivity index (χ1) is 12.5. The van der Waals surface area contributed by atoms with Crippen molar-refractivity contribution in [2.45, 2.75) is 47.0 Å². The van der Waals surface area contributed by atoms with Gasteiger partial charge in [-0.2, -0.15) is 5.26 Å². The summed E-state index contributed by atoms with van der Waals surface area (Å²) in [7, 11) is 0. The zero-order chi connectivity index (χ0) is 20.4. The Morgan fingerprint density at radius 3 is 2.56 bits per heavy atom. The Balaban J connectivity index is 2.45. The lowest BCUT2D eigenvalue weighted by Crippen LogP contribution is -2.29. The summed E-state index contributed by atoms with van der Waals surface area (Å²) in [6, 6.07) is 6.11. The zero-order valence-corrected chi connectivity index (χ0v) is 17.0. The van der Waals surface area contributed by atoms with Gasteiger partial charge in [0.15, 0.2) is 0 Å². The van der Waals surface area contributed by atoms with Gasteiger partial charge in [0.1, 0.15) is 5.82 Å². The number of nitrogens with one attached hydrogen (secondary N) is 1. The number of nitrogens with zero attached hydrogens (tertiary/aromatic N) is 1. The summed E-state index contributed by atoms with van der Waals surface area (Å²) >= 11 is 6.25. The van der Waals surface area contributed by atoms with Crippen molar-refractivity contribution in [2.24, 2.45) is 5.41 Å². The number of benzene rings is 1. The molecule has 0 amide bonds. The molecule has 1 unspecified atom stereocenters. The topological polar surface area (TPSA) is 62.1 Å². The van der Waals surface area contributed by atoms with Crippen molar-refractivity contribution < 1.29 is 13.9 Å². The van der Waals surface area contributed by atoms with E-state index in [1.807, 2.05) is 0 Å². The highest BCUT2D eigenvalue weighted by Gasteiger charge is 2.35. The number of carbonyl (C=O) groups excluding carboxylic acids is 1. The van der Waals surface area contributed by atoms with Crippen LogP contribution in [-0.2, 0) is 9.53 Å². The van der Waals surface area contributed by atoms with Crippen molar-refractivity contribution in [1.82, 2.24) is 5.32 Å². The molecule has 0 radical (unpaired) electrons. The summed E-state index contributed by atoms with van der Waals surface area (Å²) in [4.78, 5) is 12.9. The van der Waals surface area contributed by atoms with Crippen molar-refractivity contribution in [3.05, 3.63) is 57.1 Å². The minimum Gasteiger partial charge on any atom is -0.462 e. The van der Waals surface area contributed by atoms with E-state index >= 15 is 0 Å². The van der Waals surface area contributed by atoms with Crippen molar-refractivity contribution in [3.63, 3.8) is 0 Å². The average molecular weight is 391 g/mol. The highest BCUT2D eigenvalue weighted by molar-refractivity contribution is 6.31. The van der Waals surface area contributed by atoms with Crippen LogP contribution in [0.5, 0.6) is 0 Å². The molecule has 1 atom stereocenters. The normalized spacial score (nSPS) is 17.5. The van der Waals surface area contributed by atoms with Gasteiger partial charge in [-0.05, 0) is 43.4 Å². The van der Waals surface area contributed by atoms with Gasteiger partial charge in [-0.25, -0.2) is 9.18 Å². The van der Waals surface area contributed by atoms with E-state index in [1.165, 1.54) is 18.2 Å². The SMILES string of the molecule is CC1=C(C#N)C(c2ccc(F)cc2Cl)C(C(=O)OCCC(C)(C)C)=C(C)N1. The summed E-state index contributed by atoms with van der Waals surface area (Å²) in [5.74, 6) is -1.69. The highest BCUT2D eigenvalue weighted by Crippen LogP contribution is 2.41. The maximum absolute atomic E-state index is 13.5. The van der Waals surface area contributed by atoms with E-state index in [2.05, 4.69) is 32.2 Å². The van der Waals surface area contributed by atoms with Crippen molar-refractivity contribution in [1.29, 1.82) is 5.26 Å². The number of allylic oxidation sites excluding steroid dienone is 3. The van der Waals surface area contributed by atoms with E-state index in [0.29, 0.717) is 34.5 Å². The fourth-order valence-corrected chi connectivity index (χ4v) is 3.26. The van der Waals surface area contributed by atoms with E-state index in [0.717, 1.165) is 0 Å². The first-order valence-corrected chi connectivity index (χ1v) is 9.13. The molecular weight excluding hydrogens is 367 g/mol. The van der Waals surface area contributed by atoms with Crippen LogP contribution in [0.4, 0.5) is 4.39 Å². The maximum Gasteiger partial charge on any atom is 0.336 e. The molecule has 2 rings (SSSR count). The largest absolute Gasteiger partial charge is 0.462 e. The summed E-state index contributed by atoms with van der Waals surface area (Å²) in [6.45, 7) is 9.97. The molecule has 1 aliphatic rings. The van der Waals surface area contributed by atoms with Gasteiger partial charge in [0.25, 0.3) is 0 Å². The molecule has 0 aliphatic carbocycles. The van der Waals surface area contributed by atoms with Gasteiger partial charge < -0.3 is 10.1 Å². The molecule has 0 saturated heterocycles. The Morgan fingerprint density at radius 2 is 2.00 bits per heavy atom. The van der Waals surface area contributed by atoms with Crippen LogP contribution in [-0.4, -0.2) is 12.6 Å². The zero-order valence-electron chi connectivity index (χ0n) is 16.2. The third-order valence-corrected chi connectivity index (χ3v) is 4.79. The van der Waals surface area contributed by atoms with Gasteiger partial charge >= 0.3 is 5.97 Å². The third-order valence-electron chi connectivity index (χ3n) is 4.46. The van der Waals surface area contributed by atoms with Crippen LogP contribution in [0.2, 0.25) is 5.02 Å². The molecule has 1 heterocycles. The quantitative estimate of drug-likeness (QED) is 0.716. The first-order valence-electron chi connectivity index (χ1n) is 8.76. The number of carbonyl (C=O) groups is 1. The molecule has 0 fully saturated rings. The Kier molecular flexibility index (Phi) is 6.33. The van der Waals surface area contributed by atoms with E-state index in [-0.39, 0.29) is 17.0 Å².